The molecule has 4 nitrogen and oxygen atoms in total. The van der Waals surface area contributed by atoms with E-state index in [-0.39, 0.29) is 11.2 Å². The molecule has 0 aliphatic rings. The Kier molecular flexibility index (Phi) is 4.36. The highest BCUT2D eigenvalue weighted by molar-refractivity contribution is 5.95. The highest BCUT2D eigenvalue weighted by atomic mass is 16.5. The van der Waals surface area contributed by atoms with Gasteiger partial charge in [-0.2, -0.15) is 0 Å². The molecule has 2 rings (SSSR count). The van der Waals surface area contributed by atoms with Crippen molar-refractivity contribution in [2.45, 2.75) is 32.6 Å². The minimum atomic E-state index is -0.0475. The van der Waals surface area contributed by atoms with Crippen molar-refractivity contribution in [3.8, 4) is 5.88 Å². The SMILES string of the molecule is COc1ccc(C(=O)Cc2ccc(C(C)(C)C)cc2)nn1. The molecule has 0 atom stereocenters. The van der Waals surface area contributed by atoms with E-state index in [1.165, 1.54) is 12.7 Å². The number of methoxy groups -OCH3 is 1. The van der Waals surface area contributed by atoms with Crippen molar-refractivity contribution in [2.75, 3.05) is 7.11 Å². The van der Waals surface area contributed by atoms with Crippen LogP contribution in [-0.4, -0.2) is 23.1 Å². The third kappa shape index (κ3) is 3.88. The number of nitrogens with zero attached hydrogens (tertiary/aromatic N) is 2. The molecule has 0 amide bonds. The van der Waals surface area contributed by atoms with Crippen molar-refractivity contribution < 1.29 is 9.53 Å². The van der Waals surface area contributed by atoms with Gasteiger partial charge in [-0.1, -0.05) is 45.0 Å². The molecule has 1 heterocycles. The summed E-state index contributed by atoms with van der Waals surface area (Å²) < 4.78 is 4.93. The molecular weight excluding hydrogens is 264 g/mol. The average Bonchev–Trinajstić information content (AvgIpc) is 2.47. The maximum Gasteiger partial charge on any atom is 0.233 e. The van der Waals surface area contributed by atoms with Gasteiger partial charge in [0, 0.05) is 12.5 Å². The Hall–Kier alpha value is -2.23. The van der Waals surface area contributed by atoms with Gasteiger partial charge in [0.25, 0.3) is 0 Å². The molecule has 0 aliphatic heterocycles. The predicted molar refractivity (Wildman–Crippen MR) is 81.8 cm³/mol. The fourth-order valence-corrected chi connectivity index (χ4v) is 1.98. The van der Waals surface area contributed by atoms with E-state index >= 15 is 0 Å². The van der Waals surface area contributed by atoms with Crippen molar-refractivity contribution >= 4 is 5.78 Å². The number of carbonyl (C=O) groups excluding carboxylic acids is 1. The van der Waals surface area contributed by atoms with E-state index in [4.69, 9.17) is 4.74 Å². The summed E-state index contributed by atoms with van der Waals surface area (Å²) in [6.45, 7) is 6.50. The Bertz CT molecular complexity index is 611. The summed E-state index contributed by atoms with van der Waals surface area (Å²) in [6, 6.07) is 11.4. The highest BCUT2D eigenvalue weighted by Crippen LogP contribution is 2.22. The molecule has 0 saturated carbocycles. The Labute approximate surface area is 125 Å². The van der Waals surface area contributed by atoms with Crippen LogP contribution >= 0.6 is 0 Å². The van der Waals surface area contributed by atoms with Gasteiger partial charge in [0.1, 0.15) is 5.69 Å². The van der Waals surface area contributed by atoms with Gasteiger partial charge in [-0.05, 0) is 22.6 Å². The van der Waals surface area contributed by atoms with Crippen LogP contribution in [0.5, 0.6) is 5.88 Å². The lowest BCUT2D eigenvalue weighted by Gasteiger charge is -2.19. The zero-order chi connectivity index (χ0) is 15.5. The number of rotatable bonds is 4. The minimum Gasteiger partial charge on any atom is -0.480 e. The minimum absolute atomic E-state index is 0.0475. The summed E-state index contributed by atoms with van der Waals surface area (Å²) in [6.07, 6.45) is 0.325. The van der Waals surface area contributed by atoms with E-state index in [9.17, 15) is 4.79 Å². The van der Waals surface area contributed by atoms with Gasteiger partial charge in [0.2, 0.25) is 5.88 Å². The molecule has 0 N–H and O–H groups in total. The first kappa shape index (κ1) is 15.2. The summed E-state index contributed by atoms with van der Waals surface area (Å²) >= 11 is 0. The molecule has 21 heavy (non-hydrogen) atoms. The lowest BCUT2D eigenvalue weighted by atomic mass is 9.86. The van der Waals surface area contributed by atoms with Crippen LogP contribution in [0, 0.1) is 0 Å². The largest absolute Gasteiger partial charge is 0.480 e. The van der Waals surface area contributed by atoms with E-state index < -0.39 is 0 Å². The second-order valence-corrected chi connectivity index (χ2v) is 6.01. The quantitative estimate of drug-likeness (QED) is 0.809. The maximum atomic E-state index is 12.2. The molecule has 0 saturated heterocycles. The second-order valence-electron chi connectivity index (χ2n) is 6.01. The van der Waals surface area contributed by atoms with Crippen LogP contribution in [-0.2, 0) is 11.8 Å². The summed E-state index contributed by atoms with van der Waals surface area (Å²) in [5.74, 6) is 0.356. The van der Waals surface area contributed by atoms with Crippen LogP contribution in [0.25, 0.3) is 0 Å². The lowest BCUT2D eigenvalue weighted by Crippen LogP contribution is -2.11. The third-order valence-corrected chi connectivity index (χ3v) is 3.32. The number of Topliss-reactive ketones (excluding diaryl/α,β-unsaturated/α-hetero) is 1. The summed E-state index contributed by atoms with van der Waals surface area (Å²) in [5, 5.41) is 7.69. The zero-order valence-electron chi connectivity index (χ0n) is 12.9. The number of ketones is 1. The van der Waals surface area contributed by atoms with E-state index in [1.54, 1.807) is 12.1 Å². The van der Waals surface area contributed by atoms with Crippen LogP contribution in [0.1, 0.15) is 42.4 Å². The monoisotopic (exact) mass is 284 g/mol. The first-order valence-electron chi connectivity index (χ1n) is 6.90. The maximum absolute atomic E-state index is 12.2. The fourth-order valence-electron chi connectivity index (χ4n) is 1.98. The van der Waals surface area contributed by atoms with E-state index in [0.29, 0.717) is 18.0 Å². The summed E-state index contributed by atoms with van der Waals surface area (Å²) in [5.41, 5.74) is 2.70. The number of ether oxygens (including phenoxy) is 1. The van der Waals surface area contributed by atoms with Crippen LogP contribution in [0.2, 0.25) is 0 Å². The predicted octanol–water partition coefficient (Wildman–Crippen LogP) is 3.21. The average molecular weight is 284 g/mol. The molecule has 0 fully saturated rings. The molecule has 2 aromatic rings. The smallest absolute Gasteiger partial charge is 0.233 e. The first-order valence-corrected chi connectivity index (χ1v) is 6.90. The molecule has 1 aromatic heterocycles. The Balaban J connectivity index is 2.08. The van der Waals surface area contributed by atoms with E-state index in [1.807, 2.05) is 12.1 Å². The van der Waals surface area contributed by atoms with Crippen molar-refractivity contribution in [1.82, 2.24) is 10.2 Å². The number of benzene rings is 1. The summed E-state index contributed by atoms with van der Waals surface area (Å²) in [7, 11) is 1.52. The second kappa shape index (κ2) is 6.04. The number of carbonyl (C=O) groups is 1. The fraction of sp³-hybridized carbons (Fsp3) is 0.353. The zero-order valence-corrected chi connectivity index (χ0v) is 12.9. The molecule has 1 aromatic carbocycles. The van der Waals surface area contributed by atoms with Gasteiger partial charge in [-0.15, -0.1) is 10.2 Å². The molecule has 0 unspecified atom stereocenters. The van der Waals surface area contributed by atoms with E-state index in [0.717, 1.165) is 5.56 Å². The molecule has 0 spiro atoms. The van der Waals surface area contributed by atoms with Gasteiger partial charge in [-0.25, -0.2) is 0 Å². The van der Waals surface area contributed by atoms with Crippen molar-refractivity contribution in [2.24, 2.45) is 0 Å². The third-order valence-electron chi connectivity index (χ3n) is 3.32. The van der Waals surface area contributed by atoms with Crippen molar-refractivity contribution in [1.29, 1.82) is 0 Å². The van der Waals surface area contributed by atoms with Crippen LogP contribution < -0.4 is 4.74 Å². The molecule has 4 heteroatoms. The van der Waals surface area contributed by atoms with Gasteiger partial charge < -0.3 is 4.74 Å². The Morgan fingerprint density at radius 1 is 1.05 bits per heavy atom. The van der Waals surface area contributed by atoms with Crippen LogP contribution in [0.15, 0.2) is 36.4 Å². The topological polar surface area (TPSA) is 52.1 Å². The molecule has 0 radical (unpaired) electrons. The normalized spacial score (nSPS) is 11.2. The first-order chi connectivity index (χ1) is 9.90. The van der Waals surface area contributed by atoms with Crippen LogP contribution in [0.3, 0.4) is 0 Å². The van der Waals surface area contributed by atoms with Gasteiger partial charge in [0.05, 0.1) is 7.11 Å². The Morgan fingerprint density at radius 3 is 2.19 bits per heavy atom. The number of hydrogen-bond donors (Lipinski definition) is 0. The summed E-state index contributed by atoms with van der Waals surface area (Å²) in [4.78, 5) is 12.2. The van der Waals surface area contributed by atoms with Crippen molar-refractivity contribution in [3.05, 3.63) is 53.2 Å². The highest BCUT2D eigenvalue weighted by Gasteiger charge is 2.14. The van der Waals surface area contributed by atoms with Gasteiger partial charge >= 0.3 is 0 Å². The molecule has 110 valence electrons. The van der Waals surface area contributed by atoms with Crippen LogP contribution in [0.4, 0.5) is 0 Å². The number of aromatic nitrogens is 2. The molecule has 0 bridgehead atoms. The lowest BCUT2D eigenvalue weighted by molar-refractivity contribution is 0.0987. The van der Waals surface area contributed by atoms with Gasteiger partial charge in [0.15, 0.2) is 5.78 Å². The standard InChI is InChI=1S/C17H20N2O2/c1-17(2,3)13-7-5-12(6-8-13)11-15(20)14-9-10-16(21-4)19-18-14/h5-10H,11H2,1-4H3. The molecule has 0 aliphatic carbocycles. The van der Waals surface area contributed by atoms with Crippen molar-refractivity contribution in [3.63, 3.8) is 0 Å². The molecular formula is C17H20N2O2. The number of hydrogen-bond acceptors (Lipinski definition) is 4. The Morgan fingerprint density at radius 2 is 1.71 bits per heavy atom. The van der Waals surface area contributed by atoms with E-state index in [2.05, 4.69) is 43.1 Å². The van der Waals surface area contributed by atoms with Gasteiger partial charge in [-0.3, -0.25) is 4.79 Å².